The Balaban J connectivity index is 1.99. The van der Waals surface area contributed by atoms with Crippen molar-refractivity contribution < 1.29 is 28.6 Å². The molecule has 1 aliphatic rings. The zero-order chi connectivity index (χ0) is 22.2. The normalized spacial score (nSPS) is 19.8. The standard InChI is InChI=1S/C23H31F2NO4/c1-22(30,23(24,25)18-10-5-4-6-11-18)16-15-19-12-9-13-20(27)26(19)17-8-3-2-7-14-21(28)29/h4-6,10-11,15-16,19,30H,2-3,7-9,12-14,17H2,1H3,(H,28,29)/b16-15+/t19-,22+/m1/s1. The smallest absolute Gasteiger partial charge is 0.304 e. The van der Waals surface area contributed by atoms with Gasteiger partial charge in [0.2, 0.25) is 5.91 Å². The van der Waals surface area contributed by atoms with E-state index in [9.17, 15) is 23.5 Å². The van der Waals surface area contributed by atoms with Gasteiger partial charge in [0.05, 0.1) is 6.04 Å². The number of piperidine rings is 1. The van der Waals surface area contributed by atoms with Crippen LogP contribution in [0.25, 0.3) is 0 Å². The van der Waals surface area contributed by atoms with Gasteiger partial charge < -0.3 is 15.1 Å². The summed E-state index contributed by atoms with van der Waals surface area (Å²) in [4.78, 5) is 24.6. The number of nitrogens with zero attached hydrogens (tertiary/aromatic N) is 1. The number of hydrogen-bond acceptors (Lipinski definition) is 3. The van der Waals surface area contributed by atoms with Crippen LogP contribution in [-0.2, 0) is 15.5 Å². The van der Waals surface area contributed by atoms with Crippen LogP contribution in [-0.4, -0.2) is 45.2 Å². The SMILES string of the molecule is C[C@](O)(/C=C/[C@H]1CCCC(=O)N1CCCCCCC(=O)O)C(F)(F)c1ccccc1. The number of carboxylic acids is 1. The van der Waals surface area contributed by atoms with Crippen molar-refractivity contribution in [3.8, 4) is 0 Å². The molecule has 7 heteroatoms. The molecule has 0 bridgehead atoms. The molecule has 1 aliphatic heterocycles. The molecular weight excluding hydrogens is 392 g/mol. The molecule has 0 aliphatic carbocycles. The molecule has 0 aromatic heterocycles. The molecule has 2 rings (SSSR count). The summed E-state index contributed by atoms with van der Waals surface area (Å²) < 4.78 is 29.6. The van der Waals surface area contributed by atoms with E-state index in [1.54, 1.807) is 11.0 Å². The Kier molecular flexibility index (Phi) is 8.53. The fourth-order valence-electron chi connectivity index (χ4n) is 3.69. The quantitative estimate of drug-likeness (QED) is 0.406. The lowest BCUT2D eigenvalue weighted by Crippen LogP contribution is -2.45. The molecule has 1 saturated heterocycles. The molecular formula is C23H31F2NO4. The Hall–Kier alpha value is -2.28. The number of carbonyl (C=O) groups excluding carboxylic acids is 1. The Morgan fingerprint density at radius 2 is 1.87 bits per heavy atom. The second kappa shape index (κ2) is 10.7. The third kappa shape index (κ3) is 6.36. The molecule has 1 amide bonds. The number of rotatable bonds is 11. The van der Waals surface area contributed by atoms with E-state index in [4.69, 9.17) is 5.11 Å². The van der Waals surface area contributed by atoms with Crippen LogP contribution in [0, 0.1) is 0 Å². The zero-order valence-electron chi connectivity index (χ0n) is 17.4. The average molecular weight is 424 g/mol. The number of benzene rings is 1. The van der Waals surface area contributed by atoms with Crippen molar-refractivity contribution in [2.75, 3.05) is 6.54 Å². The first kappa shape index (κ1) is 24.0. The summed E-state index contributed by atoms with van der Waals surface area (Å²) in [6.07, 6.45) is 7.45. The maximum Gasteiger partial charge on any atom is 0.304 e. The van der Waals surface area contributed by atoms with Crippen molar-refractivity contribution in [3.63, 3.8) is 0 Å². The third-order valence-electron chi connectivity index (χ3n) is 5.57. The van der Waals surface area contributed by atoms with Crippen molar-refractivity contribution >= 4 is 11.9 Å². The third-order valence-corrected chi connectivity index (χ3v) is 5.57. The van der Waals surface area contributed by atoms with E-state index in [2.05, 4.69) is 0 Å². The minimum atomic E-state index is -3.47. The number of hydrogen-bond donors (Lipinski definition) is 2. The van der Waals surface area contributed by atoms with E-state index >= 15 is 0 Å². The van der Waals surface area contributed by atoms with Gasteiger partial charge in [-0.25, -0.2) is 0 Å². The van der Waals surface area contributed by atoms with E-state index in [1.165, 1.54) is 30.3 Å². The van der Waals surface area contributed by atoms with Crippen LogP contribution in [0.1, 0.15) is 63.9 Å². The van der Waals surface area contributed by atoms with E-state index in [1.807, 2.05) is 0 Å². The van der Waals surface area contributed by atoms with Gasteiger partial charge in [-0.1, -0.05) is 49.2 Å². The number of aliphatic carboxylic acids is 1. The number of alkyl halides is 2. The summed E-state index contributed by atoms with van der Waals surface area (Å²) in [6, 6.07) is 6.87. The highest BCUT2D eigenvalue weighted by Crippen LogP contribution is 2.40. The second-order valence-electron chi connectivity index (χ2n) is 8.05. The van der Waals surface area contributed by atoms with Crippen molar-refractivity contribution in [2.24, 2.45) is 0 Å². The number of likely N-dealkylation sites (tertiary alicyclic amines) is 1. The van der Waals surface area contributed by atoms with Gasteiger partial charge in [-0.05, 0) is 38.7 Å². The molecule has 2 atom stereocenters. The van der Waals surface area contributed by atoms with Gasteiger partial charge in [-0.15, -0.1) is 0 Å². The van der Waals surface area contributed by atoms with E-state index in [-0.39, 0.29) is 23.9 Å². The van der Waals surface area contributed by atoms with Crippen LogP contribution >= 0.6 is 0 Å². The predicted octanol–water partition coefficient (Wildman–Crippen LogP) is 4.50. The lowest BCUT2D eigenvalue weighted by Gasteiger charge is -2.35. The molecule has 166 valence electrons. The molecule has 0 unspecified atom stereocenters. The largest absolute Gasteiger partial charge is 0.481 e. The number of unbranched alkanes of at least 4 members (excludes halogenated alkanes) is 3. The summed E-state index contributed by atoms with van der Waals surface area (Å²) >= 11 is 0. The molecule has 1 aromatic carbocycles. The lowest BCUT2D eigenvalue weighted by atomic mass is 9.89. The van der Waals surface area contributed by atoms with Crippen LogP contribution in [0.2, 0.25) is 0 Å². The van der Waals surface area contributed by atoms with Gasteiger partial charge >= 0.3 is 11.9 Å². The molecule has 2 N–H and O–H groups in total. The van der Waals surface area contributed by atoms with Gasteiger partial charge in [0.25, 0.3) is 0 Å². The minimum Gasteiger partial charge on any atom is -0.481 e. The number of amides is 1. The Bertz CT molecular complexity index is 734. The van der Waals surface area contributed by atoms with E-state index in [0.29, 0.717) is 32.2 Å². The Labute approximate surface area is 176 Å². The maximum absolute atomic E-state index is 14.8. The van der Waals surface area contributed by atoms with Gasteiger partial charge in [0, 0.05) is 24.9 Å². The molecule has 5 nitrogen and oxygen atoms in total. The fourth-order valence-corrected chi connectivity index (χ4v) is 3.69. The van der Waals surface area contributed by atoms with E-state index < -0.39 is 17.5 Å². The Morgan fingerprint density at radius 1 is 1.20 bits per heavy atom. The summed E-state index contributed by atoms with van der Waals surface area (Å²) in [7, 11) is 0. The molecule has 30 heavy (non-hydrogen) atoms. The first-order valence-corrected chi connectivity index (χ1v) is 10.5. The highest BCUT2D eigenvalue weighted by Gasteiger charge is 2.48. The Morgan fingerprint density at radius 3 is 2.53 bits per heavy atom. The topological polar surface area (TPSA) is 77.8 Å². The van der Waals surface area contributed by atoms with Crippen molar-refractivity contribution in [1.29, 1.82) is 0 Å². The monoisotopic (exact) mass is 423 g/mol. The molecule has 0 radical (unpaired) electrons. The lowest BCUT2D eigenvalue weighted by molar-refractivity contribution is -0.152. The van der Waals surface area contributed by atoms with Crippen LogP contribution in [0.3, 0.4) is 0 Å². The van der Waals surface area contributed by atoms with Gasteiger partial charge in [-0.2, -0.15) is 8.78 Å². The minimum absolute atomic E-state index is 0.0177. The molecule has 0 saturated carbocycles. The molecule has 1 heterocycles. The molecule has 1 aromatic rings. The van der Waals surface area contributed by atoms with Crippen molar-refractivity contribution in [3.05, 3.63) is 48.0 Å². The van der Waals surface area contributed by atoms with Crippen LogP contribution in [0.4, 0.5) is 8.78 Å². The van der Waals surface area contributed by atoms with Crippen molar-refractivity contribution in [1.82, 2.24) is 4.90 Å². The molecule has 1 fully saturated rings. The second-order valence-corrected chi connectivity index (χ2v) is 8.05. The first-order chi connectivity index (χ1) is 14.1. The molecule has 0 spiro atoms. The van der Waals surface area contributed by atoms with Crippen LogP contribution < -0.4 is 0 Å². The predicted molar refractivity (Wildman–Crippen MR) is 110 cm³/mol. The number of carbonyl (C=O) groups is 2. The zero-order valence-corrected chi connectivity index (χ0v) is 17.4. The summed E-state index contributed by atoms with van der Waals surface area (Å²) in [5.74, 6) is -4.31. The highest BCUT2D eigenvalue weighted by atomic mass is 19.3. The summed E-state index contributed by atoms with van der Waals surface area (Å²) in [5, 5.41) is 19.2. The highest BCUT2D eigenvalue weighted by molar-refractivity contribution is 5.77. The van der Waals surface area contributed by atoms with Crippen molar-refractivity contribution in [2.45, 2.75) is 75.9 Å². The summed E-state index contributed by atoms with van der Waals surface area (Å²) in [5.41, 5.74) is -2.66. The van der Waals surface area contributed by atoms with Crippen LogP contribution in [0.5, 0.6) is 0 Å². The van der Waals surface area contributed by atoms with Gasteiger partial charge in [0.15, 0.2) is 0 Å². The van der Waals surface area contributed by atoms with Crippen LogP contribution in [0.15, 0.2) is 42.5 Å². The van der Waals surface area contributed by atoms with E-state index in [0.717, 1.165) is 32.3 Å². The number of carboxylic acid groups (broad SMARTS) is 1. The maximum atomic E-state index is 14.8. The number of halogens is 2. The van der Waals surface area contributed by atoms with Gasteiger partial charge in [-0.3, -0.25) is 9.59 Å². The fraction of sp³-hybridized carbons (Fsp3) is 0.565. The number of aliphatic hydroxyl groups is 1. The summed E-state index contributed by atoms with van der Waals surface area (Å²) in [6.45, 7) is 1.58. The van der Waals surface area contributed by atoms with Gasteiger partial charge in [0.1, 0.15) is 5.60 Å². The average Bonchev–Trinajstić information content (AvgIpc) is 2.70. The first-order valence-electron chi connectivity index (χ1n) is 10.5.